The minimum absolute atomic E-state index is 0.115. The number of nitrogens with zero attached hydrogens (tertiary/aromatic N) is 4. The van der Waals surface area contributed by atoms with Gasteiger partial charge in [-0.05, 0) is 55.7 Å². The lowest BCUT2D eigenvalue weighted by molar-refractivity contribution is 0.00854. The normalized spacial score (nSPS) is 20.2. The van der Waals surface area contributed by atoms with E-state index in [9.17, 15) is 9.59 Å². The van der Waals surface area contributed by atoms with E-state index in [1.165, 1.54) is 24.9 Å². The zero-order valence-electron chi connectivity index (χ0n) is 18.7. The minimum Gasteiger partial charge on any atom is -0.372 e. The topological polar surface area (TPSA) is 47.1 Å². The first kappa shape index (κ1) is 21.0. The third-order valence-corrected chi connectivity index (χ3v) is 7.12. The maximum Gasteiger partial charge on any atom is 0.253 e. The van der Waals surface area contributed by atoms with Gasteiger partial charge in [-0.25, -0.2) is 0 Å². The number of carbonyl (C=O) groups excluding carboxylic acids is 2. The van der Waals surface area contributed by atoms with Crippen LogP contribution in [0.2, 0.25) is 0 Å². The first-order valence-corrected chi connectivity index (χ1v) is 11.9. The molecule has 3 aliphatic heterocycles. The molecular weight excluding hydrogens is 400 g/mol. The number of anilines is 1. The van der Waals surface area contributed by atoms with Crippen LogP contribution in [0.5, 0.6) is 0 Å². The van der Waals surface area contributed by atoms with E-state index in [2.05, 4.69) is 21.9 Å². The summed E-state index contributed by atoms with van der Waals surface area (Å²) in [7, 11) is 0. The van der Waals surface area contributed by atoms with Gasteiger partial charge >= 0.3 is 0 Å². The number of piperidine rings is 1. The molecule has 0 saturated carbocycles. The van der Waals surface area contributed by atoms with E-state index in [-0.39, 0.29) is 11.8 Å². The number of likely N-dealkylation sites (tertiary alicyclic amines) is 1. The Kier molecular flexibility index (Phi) is 6.12. The number of amides is 2. The van der Waals surface area contributed by atoms with Crippen molar-refractivity contribution in [1.29, 1.82) is 0 Å². The van der Waals surface area contributed by atoms with Gasteiger partial charge in [0.1, 0.15) is 0 Å². The summed E-state index contributed by atoms with van der Waals surface area (Å²) in [5, 5.41) is 0. The van der Waals surface area contributed by atoms with Crippen molar-refractivity contribution < 1.29 is 9.59 Å². The molecule has 6 heteroatoms. The Bertz CT molecular complexity index is 926. The number of benzene rings is 2. The van der Waals surface area contributed by atoms with Crippen LogP contribution in [0.4, 0.5) is 5.69 Å². The molecule has 0 aromatic heterocycles. The van der Waals surface area contributed by atoms with Gasteiger partial charge in [0, 0.05) is 75.2 Å². The van der Waals surface area contributed by atoms with Crippen molar-refractivity contribution in [3.63, 3.8) is 0 Å². The van der Waals surface area contributed by atoms with E-state index in [0.29, 0.717) is 6.04 Å². The molecule has 32 heavy (non-hydrogen) atoms. The highest BCUT2D eigenvalue weighted by Gasteiger charge is 2.37. The summed E-state index contributed by atoms with van der Waals surface area (Å²) in [6.07, 6.45) is 3.83. The molecule has 168 valence electrons. The average molecular weight is 433 g/mol. The number of hydrogen-bond acceptors (Lipinski definition) is 4. The summed E-state index contributed by atoms with van der Waals surface area (Å²) in [4.78, 5) is 34.2. The summed E-state index contributed by atoms with van der Waals surface area (Å²) >= 11 is 0. The Hall–Kier alpha value is -2.86. The highest BCUT2D eigenvalue weighted by atomic mass is 16.2. The predicted molar refractivity (Wildman–Crippen MR) is 126 cm³/mol. The number of piperazine rings is 1. The van der Waals surface area contributed by atoms with E-state index >= 15 is 0 Å². The molecule has 0 unspecified atom stereocenters. The van der Waals surface area contributed by atoms with Crippen LogP contribution in [0.1, 0.15) is 40.0 Å². The fourth-order valence-corrected chi connectivity index (χ4v) is 5.06. The van der Waals surface area contributed by atoms with Crippen LogP contribution in [0.25, 0.3) is 0 Å². The van der Waals surface area contributed by atoms with Gasteiger partial charge in [0.25, 0.3) is 11.8 Å². The molecule has 0 spiro atoms. The first-order chi connectivity index (χ1) is 15.7. The molecule has 3 saturated heterocycles. The van der Waals surface area contributed by atoms with Gasteiger partial charge in [-0.15, -0.1) is 0 Å². The van der Waals surface area contributed by atoms with E-state index in [4.69, 9.17) is 0 Å². The van der Waals surface area contributed by atoms with Gasteiger partial charge in [-0.3, -0.25) is 14.5 Å². The van der Waals surface area contributed by atoms with Crippen molar-refractivity contribution in [2.75, 3.05) is 57.3 Å². The molecule has 3 fully saturated rings. The fraction of sp³-hybridized carbons (Fsp3) is 0.462. The lowest BCUT2D eigenvalue weighted by atomic mass is 10.0. The summed E-state index contributed by atoms with van der Waals surface area (Å²) < 4.78 is 0. The highest BCUT2D eigenvalue weighted by molar-refractivity contribution is 5.95. The Morgan fingerprint density at radius 3 is 1.88 bits per heavy atom. The molecule has 2 aromatic rings. The van der Waals surface area contributed by atoms with Crippen molar-refractivity contribution in [1.82, 2.24) is 14.7 Å². The number of carbonyl (C=O) groups is 2. The molecule has 2 amide bonds. The van der Waals surface area contributed by atoms with Gasteiger partial charge in [0.15, 0.2) is 0 Å². The Morgan fingerprint density at radius 2 is 1.22 bits per heavy atom. The fourth-order valence-electron chi connectivity index (χ4n) is 5.06. The summed E-state index contributed by atoms with van der Waals surface area (Å²) in [5.41, 5.74) is 2.76. The van der Waals surface area contributed by atoms with Crippen LogP contribution in [0.3, 0.4) is 0 Å². The summed E-state index contributed by atoms with van der Waals surface area (Å²) in [6.45, 7) is 7.02. The van der Waals surface area contributed by atoms with E-state index in [0.717, 1.165) is 63.5 Å². The molecule has 3 aliphatic rings. The molecule has 6 nitrogen and oxygen atoms in total. The molecular formula is C26H32N4O2. The van der Waals surface area contributed by atoms with E-state index in [1.807, 2.05) is 52.3 Å². The second-order valence-electron chi connectivity index (χ2n) is 9.15. The molecule has 0 bridgehead atoms. The van der Waals surface area contributed by atoms with E-state index in [1.54, 1.807) is 0 Å². The summed E-state index contributed by atoms with van der Waals surface area (Å²) in [5.74, 6) is 0.244. The second-order valence-corrected chi connectivity index (χ2v) is 9.15. The van der Waals surface area contributed by atoms with Crippen molar-refractivity contribution in [2.24, 2.45) is 0 Å². The third kappa shape index (κ3) is 4.37. The largest absolute Gasteiger partial charge is 0.372 e. The van der Waals surface area contributed by atoms with Crippen LogP contribution in [0.15, 0.2) is 54.6 Å². The standard InChI is InChI=1S/C26H32N4O2/c31-25(21-7-3-1-4-8-21)29-17-15-28(16-18-29)24-19-30(20-24)26(32)22-9-11-23(12-10-22)27-13-5-2-6-14-27/h1,3-4,7-12,24H,2,5-6,13-20H2. The third-order valence-electron chi connectivity index (χ3n) is 7.12. The minimum atomic E-state index is 0.115. The molecule has 3 heterocycles. The van der Waals surface area contributed by atoms with Gasteiger partial charge < -0.3 is 14.7 Å². The SMILES string of the molecule is O=C(c1ccccc1)N1CCN(C2CN(C(=O)c3ccc(N4CCCCC4)cc3)C2)CC1. The molecule has 5 rings (SSSR count). The molecule has 2 aromatic carbocycles. The van der Waals surface area contributed by atoms with Crippen LogP contribution < -0.4 is 4.90 Å². The molecule has 0 atom stereocenters. The average Bonchev–Trinajstić information content (AvgIpc) is 2.84. The van der Waals surface area contributed by atoms with Crippen LogP contribution >= 0.6 is 0 Å². The van der Waals surface area contributed by atoms with Crippen LogP contribution in [-0.4, -0.2) is 84.9 Å². The highest BCUT2D eigenvalue weighted by Crippen LogP contribution is 2.23. The van der Waals surface area contributed by atoms with Crippen molar-refractivity contribution >= 4 is 17.5 Å². The zero-order chi connectivity index (χ0) is 21.9. The quantitative estimate of drug-likeness (QED) is 0.745. The smallest absolute Gasteiger partial charge is 0.253 e. The Balaban J connectivity index is 1.09. The molecule has 0 N–H and O–H groups in total. The zero-order valence-corrected chi connectivity index (χ0v) is 18.7. The number of rotatable bonds is 4. The number of hydrogen-bond donors (Lipinski definition) is 0. The lowest BCUT2D eigenvalue weighted by Gasteiger charge is -2.48. The van der Waals surface area contributed by atoms with Crippen molar-refractivity contribution in [2.45, 2.75) is 25.3 Å². The Labute approximate surface area is 190 Å². The van der Waals surface area contributed by atoms with Gasteiger partial charge in [-0.2, -0.15) is 0 Å². The van der Waals surface area contributed by atoms with Crippen LogP contribution in [-0.2, 0) is 0 Å². The van der Waals surface area contributed by atoms with E-state index < -0.39 is 0 Å². The van der Waals surface area contributed by atoms with Gasteiger partial charge in [0.2, 0.25) is 0 Å². The lowest BCUT2D eigenvalue weighted by Crippen LogP contribution is -2.64. The first-order valence-electron chi connectivity index (χ1n) is 11.9. The van der Waals surface area contributed by atoms with Crippen molar-refractivity contribution in [3.8, 4) is 0 Å². The summed E-state index contributed by atoms with van der Waals surface area (Å²) in [6, 6.07) is 18.1. The molecule has 0 radical (unpaired) electrons. The predicted octanol–water partition coefficient (Wildman–Crippen LogP) is 2.96. The monoisotopic (exact) mass is 432 g/mol. The maximum atomic E-state index is 12.9. The molecule has 0 aliphatic carbocycles. The van der Waals surface area contributed by atoms with Gasteiger partial charge in [0.05, 0.1) is 0 Å². The Morgan fingerprint density at radius 1 is 0.625 bits per heavy atom. The van der Waals surface area contributed by atoms with Crippen molar-refractivity contribution in [3.05, 3.63) is 65.7 Å². The maximum absolute atomic E-state index is 12.9. The van der Waals surface area contributed by atoms with Crippen LogP contribution in [0, 0.1) is 0 Å². The van der Waals surface area contributed by atoms with Gasteiger partial charge in [-0.1, -0.05) is 18.2 Å². The second kappa shape index (κ2) is 9.33.